The van der Waals surface area contributed by atoms with Gasteiger partial charge in [-0.15, -0.1) is 0 Å². The van der Waals surface area contributed by atoms with E-state index in [0.717, 1.165) is 12.1 Å². The third-order valence-electron chi connectivity index (χ3n) is 1.59. The molecule has 0 heterocycles. The molecule has 1 aromatic rings. The van der Waals surface area contributed by atoms with Gasteiger partial charge in [-0.1, -0.05) is 0 Å². The maximum Gasteiger partial charge on any atom is 0.416 e. The molecular weight excluding hydrogens is 197 g/mol. The van der Waals surface area contributed by atoms with Gasteiger partial charge in [0.2, 0.25) is 0 Å². The minimum Gasteiger partial charge on any atom is -0.397 e. The van der Waals surface area contributed by atoms with Crippen LogP contribution in [0.5, 0.6) is 0 Å². The van der Waals surface area contributed by atoms with Crippen LogP contribution in [0.1, 0.15) is 5.56 Å². The standard InChI is InChI=1S/C8H9F3N2O/c1-14-13-7-4-5(8(9,10)11)2-3-6(7)12/h2-4,13H,12H2,1H3. The molecule has 1 aromatic carbocycles. The summed E-state index contributed by atoms with van der Waals surface area (Å²) < 4.78 is 36.7. The Kier molecular flexibility index (Phi) is 2.85. The maximum atomic E-state index is 12.2. The lowest BCUT2D eigenvalue weighted by atomic mass is 10.1. The Morgan fingerprint density at radius 2 is 2.00 bits per heavy atom. The second-order valence-corrected chi connectivity index (χ2v) is 2.61. The molecule has 0 atom stereocenters. The average Bonchev–Trinajstić information content (AvgIpc) is 2.07. The molecule has 0 fully saturated rings. The summed E-state index contributed by atoms with van der Waals surface area (Å²) in [6, 6.07) is 2.97. The summed E-state index contributed by atoms with van der Waals surface area (Å²) in [5.74, 6) is 0. The molecule has 78 valence electrons. The normalized spacial score (nSPS) is 11.4. The SMILES string of the molecule is CONc1cc(C(F)(F)F)ccc1N. The van der Waals surface area contributed by atoms with Gasteiger partial charge in [-0.2, -0.15) is 13.2 Å². The highest BCUT2D eigenvalue weighted by molar-refractivity contribution is 5.66. The van der Waals surface area contributed by atoms with E-state index < -0.39 is 11.7 Å². The fraction of sp³-hybridized carbons (Fsp3) is 0.250. The number of benzene rings is 1. The molecule has 0 unspecified atom stereocenters. The van der Waals surface area contributed by atoms with Gasteiger partial charge in [0.25, 0.3) is 0 Å². The highest BCUT2D eigenvalue weighted by Crippen LogP contribution is 2.32. The minimum atomic E-state index is -4.38. The van der Waals surface area contributed by atoms with Gasteiger partial charge in [0.1, 0.15) is 0 Å². The Hall–Kier alpha value is -1.43. The molecule has 3 N–H and O–H groups in total. The van der Waals surface area contributed by atoms with E-state index in [4.69, 9.17) is 5.73 Å². The highest BCUT2D eigenvalue weighted by Gasteiger charge is 2.30. The fourth-order valence-corrected chi connectivity index (χ4v) is 0.931. The number of alkyl halides is 3. The summed E-state index contributed by atoms with van der Waals surface area (Å²) in [7, 11) is 1.29. The Balaban J connectivity index is 3.06. The number of hydrogen-bond acceptors (Lipinski definition) is 3. The highest BCUT2D eigenvalue weighted by atomic mass is 19.4. The van der Waals surface area contributed by atoms with Crippen molar-refractivity contribution in [3.8, 4) is 0 Å². The zero-order chi connectivity index (χ0) is 10.8. The molecule has 0 radical (unpaired) electrons. The van der Waals surface area contributed by atoms with E-state index in [1.165, 1.54) is 13.2 Å². The molecule has 0 saturated carbocycles. The Bertz CT molecular complexity index is 325. The summed E-state index contributed by atoms with van der Waals surface area (Å²) in [4.78, 5) is 4.48. The quantitative estimate of drug-likeness (QED) is 0.576. The van der Waals surface area contributed by atoms with Crippen LogP contribution in [0, 0.1) is 0 Å². The number of nitrogens with two attached hydrogens (primary N) is 1. The lowest BCUT2D eigenvalue weighted by Crippen LogP contribution is -2.07. The van der Waals surface area contributed by atoms with Gasteiger partial charge < -0.3 is 5.73 Å². The maximum absolute atomic E-state index is 12.2. The van der Waals surface area contributed by atoms with Crippen molar-refractivity contribution in [2.24, 2.45) is 0 Å². The van der Waals surface area contributed by atoms with Crippen molar-refractivity contribution < 1.29 is 18.0 Å². The van der Waals surface area contributed by atoms with E-state index in [-0.39, 0.29) is 11.4 Å². The molecule has 0 saturated heterocycles. The first-order valence-electron chi connectivity index (χ1n) is 3.71. The van der Waals surface area contributed by atoms with Crippen molar-refractivity contribution in [2.75, 3.05) is 18.3 Å². The third kappa shape index (κ3) is 2.29. The van der Waals surface area contributed by atoms with Crippen molar-refractivity contribution in [1.29, 1.82) is 0 Å². The fourth-order valence-electron chi connectivity index (χ4n) is 0.931. The number of nitrogen functional groups attached to an aromatic ring is 1. The van der Waals surface area contributed by atoms with Crippen molar-refractivity contribution in [1.82, 2.24) is 0 Å². The van der Waals surface area contributed by atoms with E-state index in [1.54, 1.807) is 0 Å². The Morgan fingerprint density at radius 3 is 2.50 bits per heavy atom. The molecule has 3 nitrogen and oxygen atoms in total. The van der Waals surface area contributed by atoms with Gasteiger partial charge in [-0.3, -0.25) is 10.3 Å². The van der Waals surface area contributed by atoms with E-state index in [0.29, 0.717) is 0 Å². The number of anilines is 2. The largest absolute Gasteiger partial charge is 0.416 e. The first kappa shape index (κ1) is 10.6. The van der Waals surface area contributed by atoms with Crippen molar-refractivity contribution >= 4 is 11.4 Å². The summed E-state index contributed by atoms with van der Waals surface area (Å²) in [5.41, 5.74) is 7.19. The van der Waals surface area contributed by atoms with Crippen molar-refractivity contribution in [3.05, 3.63) is 23.8 Å². The molecule has 0 bridgehead atoms. The van der Waals surface area contributed by atoms with Crippen LogP contribution in [0.25, 0.3) is 0 Å². The Labute approximate surface area is 78.6 Å². The zero-order valence-electron chi connectivity index (χ0n) is 7.35. The lowest BCUT2D eigenvalue weighted by Gasteiger charge is -2.11. The van der Waals surface area contributed by atoms with Gasteiger partial charge >= 0.3 is 6.18 Å². The minimum absolute atomic E-state index is 0.0994. The van der Waals surface area contributed by atoms with E-state index >= 15 is 0 Å². The number of nitrogens with one attached hydrogen (secondary N) is 1. The molecule has 0 aliphatic heterocycles. The van der Waals surface area contributed by atoms with Gasteiger partial charge in [0.15, 0.2) is 0 Å². The lowest BCUT2D eigenvalue weighted by molar-refractivity contribution is -0.137. The van der Waals surface area contributed by atoms with Crippen molar-refractivity contribution in [2.45, 2.75) is 6.18 Å². The second-order valence-electron chi connectivity index (χ2n) is 2.61. The summed E-state index contributed by atoms with van der Waals surface area (Å²) in [6.07, 6.45) is -4.38. The van der Waals surface area contributed by atoms with E-state index in [1.807, 2.05) is 0 Å². The van der Waals surface area contributed by atoms with Crippen LogP contribution in [-0.2, 0) is 11.0 Å². The molecule has 6 heteroatoms. The zero-order valence-corrected chi connectivity index (χ0v) is 7.35. The van der Waals surface area contributed by atoms with Gasteiger partial charge in [-0.25, -0.2) is 0 Å². The van der Waals surface area contributed by atoms with Gasteiger partial charge in [0, 0.05) is 0 Å². The van der Waals surface area contributed by atoms with E-state index in [9.17, 15) is 13.2 Å². The first-order chi connectivity index (χ1) is 6.45. The number of hydrogen-bond donors (Lipinski definition) is 2. The number of halogens is 3. The van der Waals surface area contributed by atoms with Crippen LogP contribution in [0.15, 0.2) is 18.2 Å². The first-order valence-corrected chi connectivity index (χ1v) is 3.71. The van der Waals surface area contributed by atoms with Crippen LogP contribution < -0.4 is 11.2 Å². The summed E-state index contributed by atoms with van der Waals surface area (Å²) >= 11 is 0. The monoisotopic (exact) mass is 206 g/mol. The molecule has 0 amide bonds. The summed E-state index contributed by atoms with van der Waals surface area (Å²) in [6.45, 7) is 0. The molecule has 14 heavy (non-hydrogen) atoms. The summed E-state index contributed by atoms with van der Waals surface area (Å²) in [5, 5.41) is 0. The van der Waals surface area contributed by atoms with Crippen LogP contribution in [0.4, 0.5) is 24.5 Å². The Morgan fingerprint density at radius 1 is 1.36 bits per heavy atom. The molecule has 0 aliphatic rings. The van der Waals surface area contributed by atoms with Crippen LogP contribution in [0.2, 0.25) is 0 Å². The molecule has 1 rings (SSSR count). The average molecular weight is 206 g/mol. The predicted octanol–water partition coefficient (Wildman–Crippen LogP) is 2.26. The third-order valence-corrected chi connectivity index (χ3v) is 1.59. The molecule has 0 aliphatic carbocycles. The van der Waals surface area contributed by atoms with Gasteiger partial charge in [-0.05, 0) is 18.2 Å². The smallest absolute Gasteiger partial charge is 0.397 e. The van der Waals surface area contributed by atoms with E-state index in [2.05, 4.69) is 10.3 Å². The van der Waals surface area contributed by atoms with Crippen LogP contribution in [0.3, 0.4) is 0 Å². The van der Waals surface area contributed by atoms with Gasteiger partial charge in [0.05, 0.1) is 24.0 Å². The number of rotatable bonds is 2. The second kappa shape index (κ2) is 3.75. The van der Waals surface area contributed by atoms with Crippen molar-refractivity contribution in [3.63, 3.8) is 0 Å². The van der Waals surface area contributed by atoms with Crippen LogP contribution >= 0.6 is 0 Å². The topological polar surface area (TPSA) is 47.3 Å². The predicted molar refractivity (Wildman–Crippen MR) is 46.5 cm³/mol. The van der Waals surface area contributed by atoms with Crippen LogP contribution in [-0.4, -0.2) is 7.11 Å². The molecule has 0 aromatic heterocycles. The molecular formula is C8H9F3N2O. The molecule has 0 spiro atoms.